The standard InChI is InChI=1S/C16H25NO3/c1-11(2)20-13-9-7-8-12(10-13)14(18)17-15(3,4)16(5,6)19/h7-11,19H,1-6H3,(H,17,18). The van der Waals surface area contributed by atoms with Gasteiger partial charge < -0.3 is 15.2 Å². The van der Waals surface area contributed by atoms with E-state index in [4.69, 9.17) is 4.74 Å². The second kappa shape index (κ2) is 5.83. The van der Waals surface area contributed by atoms with Crippen molar-refractivity contribution < 1.29 is 14.6 Å². The van der Waals surface area contributed by atoms with Gasteiger partial charge in [-0.2, -0.15) is 0 Å². The Labute approximate surface area is 121 Å². The Morgan fingerprint density at radius 1 is 1.25 bits per heavy atom. The van der Waals surface area contributed by atoms with Gasteiger partial charge in [0.25, 0.3) is 5.91 Å². The first-order valence-electron chi connectivity index (χ1n) is 6.84. The van der Waals surface area contributed by atoms with Crippen LogP contribution in [0.5, 0.6) is 5.75 Å². The Morgan fingerprint density at radius 3 is 2.35 bits per heavy atom. The number of benzene rings is 1. The summed E-state index contributed by atoms with van der Waals surface area (Å²) in [6.45, 7) is 10.8. The maximum atomic E-state index is 12.3. The van der Waals surface area contributed by atoms with E-state index in [0.717, 1.165) is 0 Å². The van der Waals surface area contributed by atoms with E-state index in [1.165, 1.54) is 0 Å². The summed E-state index contributed by atoms with van der Waals surface area (Å²) in [5.74, 6) is 0.431. The maximum Gasteiger partial charge on any atom is 0.251 e. The molecule has 0 atom stereocenters. The molecular formula is C16H25NO3. The summed E-state index contributed by atoms with van der Waals surface area (Å²) in [7, 11) is 0. The molecule has 2 N–H and O–H groups in total. The predicted molar refractivity (Wildman–Crippen MR) is 80.0 cm³/mol. The molecule has 1 amide bonds. The van der Waals surface area contributed by atoms with Crippen LogP contribution < -0.4 is 10.1 Å². The van der Waals surface area contributed by atoms with Crippen LogP contribution in [-0.4, -0.2) is 28.3 Å². The van der Waals surface area contributed by atoms with Crippen molar-refractivity contribution in [3.8, 4) is 5.75 Å². The molecular weight excluding hydrogens is 254 g/mol. The largest absolute Gasteiger partial charge is 0.491 e. The van der Waals surface area contributed by atoms with Crippen molar-refractivity contribution in [1.29, 1.82) is 0 Å². The minimum Gasteiger partial charge on any atom is -0.491 e. The summed E-state index contributed by atoms with van der Waals surface area (Å²) in [5.41, 5.74) is -1.24. The lowest BCUT2D eigenvalue weighted by molar-refractivity contribution is -0.00293. The van der Waals surface area contributed by atoms with Gasteiger partial charge >= 0.3 is 0 Å². The number of ether oxygens (including phenoxy) is 1. The molecule has 0 heterocycles. The quantitative estimate of drug-likeness (QED) is 0.871. The lowest BCUT2D eigenvalue weighted by Gasteiger charge is -2.38. The number of aliphatic hydroxyl groups is 1. The first kappa shape index (κ1) is 16.5. The Hall–Kier alpha value is -1.55. The summed E-state index contributed by atoms with van der Waals surface area (Å²) >= 11 is 0. The number of carbonyl (C=O) groups excluding carboxylic acids is 1. The van der Waals surface area contributed by atoms with Crippen LogP contribution in [0.3, 0.4) is 0 Å². The van der Waals surface area contributed by atoms with Crippen LogP contribution in [0, 0.1) is 0 Å². The molecule has 0 radical (unpaired) electrons. The Morgan fingerprint density at radius 2 is 1.85 bits per heavy atom. The van der Waals surface area contributed by atoms with Gasteiger partial charge in [-0.15, -0.1) is 0 Å². The van der Waals surface area contributed by atoms with E-state index >= 15 is 0 Å². The third kappa shape index (κ3) is 4.23. The molecule has 1 aromatic carbocycles. The first-order valence-corrected chi connectivity index (χ1v) is 6.84. The fraction of sp³-hybridized carbons (Fsp3) is 0.562. The highest BCUT2D eigenvalue weighted by Crippen LogP contribution is 2.22. The van der Waals surface area contributed by atoms with Gasteiger partial charge in [0.15, 0.2) is 0 Å². The highest BCUT2D eigenvalue weighted by atomic mass is 16.5. The fourth-order valence-corrected chi connectivity index (χ4v) is 1.49. The molecule has 4 heteroatoms. The molecule has 0 spiro atoms. The second-order valence-corrected chi connectivity index (χ2v) is 6.33. The van der Waals surface area contributed by atoms with E-state index in [1.807, 2.05) is 19.9 Å². The Balaban J connectivity index is 2.88. The minimum atomic E-state index is -1.02. The number of hydrogen-bond donors (Lipinski definition) is 2. The summed E-state index contributed by atoms with van der Waals surface area (Å²) < 4.78 is 5.57. The molecule has 1 aromatic rings. The summed E-state index contributed by atoms with van der Waals surface area (Å²) in [6.07, 6.45) is 0.0566. The van der Waals surface area contributed by atoms with Gasteiger partial charge in [0.2, 0.25) is 0 Å². The van der Waals surface area contributed by atoms with Crippen LogP contribution in [0.4, 0.5) is 0 Å². The van der Waals surface area contributed by atoms with Crippen molar-refractivity contribution in [1.82, 2.24) is 5.32 Å². The van der Waals surface area contributed by atoms with Crippen LogP contribution in [0.25, 0.3) is 0 Å². The van der Waals surface area contributed by atoms with Crippen LogP contribution in [-0.2, 0) is 0 Å². The number of carbonyl (C=O) groups is 1. The number of nitrogens with one attached hydrogen (secondary N) is 1. The van der Waals surface area contributed by atoms with Crippen LogP contribution in [0.1, 0.15) is 51.9 Å². The van der Waals surface area contributed by atoms with E-state index in [-0.39, 0.29) is 12.0 Å². The van der Waals surface area contributed by atoms with E-state index in [9.17, 15) is 9.90 Å². The van der Waals surface area contributed by atoms with Crippen LogP contribution in [0.15, 0.2) is 24.3 Å². The predicted octanol–water partition coefficient (Wildman–Crippen LogP) is 2.75. The average molecular weight is 279 g/mol. The summed E-state index contributed by atoms with van der Waals surface area (Å²) in [5, 5.41) is 12.9. The Kier molecular flexibility index (Phi) is 4.81. The van der Waals surface area contributed by atoms with Gasteiger partial charge in [-0.05, 0) is 59.7 Å². The number of hydrogen-bond acceptors (Lipinski definition) is 3. The molecule has 0 saturated carbocycles. The molecule has 0 saturated heterocycles. The molecule has 0 bridgehead atoms. The average Bonchev–Trinajstić information content (AvgIpc) is 2.26. The van der Waals surface area contributed by atoms with Gasteiger partial charge in [-0.25, -0.2) is 0 Å². The number of amides is 1. The van der Waals surface area contributed by atoms with Crippen molar-refractivity contribution in [2.75, 3.05) is 0 Å². The van der Waals surface area contributed by atoms with E-state index < -0.39 is 11.1 Å². The maximum absolute atomic E-state index is 12.3. The normalized spacial score (nSPS) is 12.4. The molecule has 112 valence electrons. The van der Waals surface area contributed by atoms with Gasteiger partial charge in [0.05, 0.1) is 17.2 Å². The van der Waals surface area contributed by atoms with E-state index in [0.29, 0.717) is 11.3 Å². The van der Waals surface area contributed by atoms with E-state index in [2.05, 4.69) is 5.32 Å². The SMILES string of the molecule is CC(C)Oc1cccc(C(=O)NC(C)(C)C(C)(C)O)c1. The molecule has 0 aromatic heterocycles. The highest BCUT2D eigenvalue weighted by Gasteiger charge is 2.36. The van der Waals surface area contributed by atoms with Crippen molar-refractivity contribution in [3.63, 3.8) is 0 Å². The van der Waals surface area contributed by atoms with Crippen LogP contribution >= 0.6 is 0 Å². The molecule has 20 heavy (non-hydrogen) atoms. The zero-order valence-corrected chi connectivity index (χ0v) is 13.2. The lowest BCUT2D eigenvalue weighted by Crippen LogP contribution is -2.57. The van der Waals surface area contributed by atoms with Gasteiger partial charge in [0, 0.05) is 5.56 Å². The molecule has 0 aliphatic carbocycles. The van der Waals surface area contributed by atoms with Crippen molar-refractivity contribution in [2.45, 2.75) is 58.8 Å². The number of rotatable bonds is 5. The van der Waals surface area contributed by atoms with Crippen LogP contribution in [0.2, 0.25) is 0 Å². The molecule has 4 nitrogen and oxygen atoms in total. The molecule has 0 fully saturated rings. The monoisotopic (exact) mass is 279 g/mol. The molecule has 0 unspecified atom stereocenters. The first-order chi connectivity index (χ1) is 9.03. The van der Waals surface area contributed by atoms with Gasteiger partial charge in [-0.3, -0.25) is 4.79 Å². The molecule has 0 aliphatic rings. The zero-order valence-electron chi connectivity index (χ0n) is 13.2. The minimum absolute atomic E-state index is 0.0566. The lowest BCUT2D eigenvalue weighted by atomic mass is 9.86. The second-order valence-electron chi connectivity index (χ2n) is 6.33. The third-order valence-electron chi connectivity index (χ3n) is 3.42. The fourth-order valence-electron chi connectivity index (χ4n) is 1.49. The third-order valence-corrected chi connectivity index (χ3v) is 3.42. The molecule has 0 aliphatic heterocycles. The van der Waals surface area contributed by atoms with Crippen molar-refractivity contribution in [3.05, 3.63) is 29.8 Å². The summed E-state index contributed by atoms with van der Waals surface area (Å²) in [4.78, 5) is 12.3. The van der Waals surface area contributed by atoms with Gasteiger partial charge in [0.1, 0.15) is 5.75 Å². The van der Waals surface area contributed by atoms with Gasteiger partial charge in [-0.1, -0.05) is 6.07 Å². The Bertz CT molecular complexity index is 473. The molecule has 1 rings (SSSR count). The zero-order chi connectivity index (χ0) is 15.6. The highest BCUT2D eigenvalue weighted by molar-refractivity contribution is 5.95. The summed E-state index contributed by atoms with van der Waals surface area (Å²) in [6, 6.07) is 7.03. The topological polar surface area (TPSA) is 58.6 Å². The van der Waals surface area contributed by atoms with Crippen molar-refractivity contribution >= 4 is 5.91 Å². The van der Waals surface area contributed by atoms with Crippen molar-refractivity contribution in [2.24, 2.45) is 0 Å². The van der Waals surface area contributed by atoms with E-state index in [1.54, 1.807) is 45.9 Å². The smallest absolute Gasteiger partial charge is 0.251 e.